The van der Waals surface area contributed by atoms with Gasteiger partial charge in [0.2, 0.25) is 0 Å². The molecule has 1 aromatic heterocycles. The number of hydrogen-bond donors (Lipinski definition) is 1. The number of carbonyl (C=O) groups is 1. The summed E-state index contributed by atoms with van der Waals surface area (Å²) in [5.74, 6) is -0.191. The first-order valence-corrected chi connectivity index (χ1v) is 4.56. The number of aromatic nitrogens is 2. The largest absolute Gasteiger partial charge is 0.480 e. The van der Waals surface area contributed by atoms with Gasteiger partial charge in [0, 0.05) is 18.0 Å². The molecule has 76 valence electrons. The average molecular weight is 202 g/mol. The highest BCUT2D eigenvalue weighted by Gasteiger charge is 2.07. The van der Waals surface area contributed by atoms with E-state index in [0.717, 1.165) is 5.56 Å². The van der Waals surface area contributed by atoms with Crippen LogP contribution in [0.15, 0.2) is 42.7 Å². The van der Waals surface area contributed by atoms with E-state index in [0.29, 0.717) is 5.82 Å². The second-order valence-electron chi connectivity index (χ2n) is 3.14. The van der Waals surface area contributed by atoms with Gasteiger partial charge in [-0.05, 0) is 0 Å². The summed E-state index contributed by atoms with van der Waals surface area (Å²) < 4.78 is 1.61. The summed E-state index contributed by atoms with van der Waals surface area (Å²) in [6, 6.07) is 9.51. The van der Waals surface area contributed by atoms with Gasteiger partial charge in [-0.1, -0.05) is 30.3 Å². The van der Waals surface area contributed by atoms with Crippen molar-refractivity contribution in [2.24, 2.45) is 0 Å². The highest BCUT2D eigenvalue weighted by Crippen LogP contribution is 2.16. The molecule has 0 atom stereocenters. The lowest BCUT2D eigenvalue weighted by Gasteiger charge is -2.04. The number of hydrogen-bond acceptors (Lipinski definition) is 2. The zero-order valence-electron chi connectivity index (χ0n) is 8.00. The summed E-state index contributed by atoms with van der Waals surface area (Å²) in [5, 5.41) is 8.71. The van der Waals surface area contributed by atoms with Gasteiger partial charge >= 0.3 is 5.97 Å². The third-order valence-electron chi connectivity index (χ3n) is 2.05. The Kier molecular flexibility index (Phi) is 2.49. The lowest BCUT2D eigenvalue weighted by molar-refractivity contribution is -0.137. The molecule has 0 saturated carbocycles. The molecule has 0 bridgehead atoms. The van der Waals surface area contributed by atoms with Crippen LogP contribution in [0.1, 0.15) is 0 Å². The molecule has 4 heteroatoms. The normalized spacial score (nSPS) is 10.1. The van der Waals surface area contributed by atoms with Crippen LogP contribution in [-0.4, -0.2) is 20.6 Å². The minimum absolute atomic E-state index is 0.0653. The molecule has 0 fully saturated rings. The molecule has 0 unspecified atom stereocenters. The van der Waals surface area contributed by atoms with Crippen LogP contribution >= 0.6 is 0 Å². The number of carboxylic acid groups (broad SMARTS) is 1. The highest BCUT2D eigenvalue weighted by molar-refractivity contribution is 5.68. The Morgan fingerprint density at radius 2 is 2.07 bits per heavy atom. The van der Waals surface area contributed by atoms with Crippen molar-refractivity contribution < 1.29 is 9.90 Å². The van der Waals surface area contributed by atoms with Crippen molar-refractivity contribution in [2.45, 2.75) is 6.54 Å². The van der Waals surface area contributed by atoms with Crippen molar-refractivity contribution in [1.29, 1.82) is 0 Å². The van der Waals surface area contributed by atoms with Gasteiger partial charge < -0.3 is 9.67 Å². The zero-order valence-corrected chi connectivity index (χ0v) is 8.00. The molecule has 0 aliphatic rings. The van der Waals surface area contributed by atoms with Crippen molar-refractivity contribution in [1.82, 2.24) is 9.55 Å². The van der Waals surface area contributed by atoms with Crippen LogP contribution in [0.25, 0.3) is 11.4 Å². The molecule has 1 heterocycles. The molecule has 2 rings (SSSR count). The minimum Gasteiger partial charge on any atom is -0.480 e. The van der Waals surface area contributed by atoms with E-state index in [1.807, 2.05) is 30.3 Å². The Labute approximate surface area is 86.8 Å². The fraction of sp³-hybridized carbons (Fsp3) is 0.0909. The van der Waals surface area contributed by atoms with Crippen LogP contribution in [0.2, 0.25) is 0 Å². The van der Waals surface area contributed by atoms with Crippen molar-refractivity contribution in [3.05, 3.63) is 42.7 Å². The van der Waals surface area contributed by atoms with Gasteiger partial charge in [0.05, 0.1) is 0 Å². The summed E-state index contributed by atoms with van der Waals surface area (Å²) >= 11 is 0. The van der Waals surface area contributed by atoms with E-state index in [9.17, 15) is 4.79 Å². The van der Waals surface area contributed by atoms with Crippen LogP contribution in [-0.2, 0) is 11.3 Å². The number of benzene rings is 1. The molecule has 1 aromatic carbocycles. The molecule has 15 heavy (non-hydrogen) atoms. The third-order valence-corrected chi connectivity index (χ3v) is 2.05. The van der Waals surface area contributed by atoms with E-state index in [1.54, 1.807) is 17.0 Å². The Morgan fingerprint density at radius 1 is 1.33 bits per heavy atom. The SMILES string of the molecule is O=C(O)Cn1ccnc1-c1ccccc1. The topological polar surface area (TPSA) is 55.1 Å². The number of aliphatic carboxylic acids is 1. The van der Waals surface area contributed by atoms with Gasteiger partial charge in [-0.3, -0.25) is 4.79 Å². The predicted molar refractivity (Wildman–Crippen MR) is 55.3 cm³/mol. The number of imidazole rings is 1. The number of rotatable bonds is 3. The molecular weight excluding hydrogens is 192 g/mol. The fourth-order valence-corrected chi connectivity index (χ4v) is 1.43. The van der Waals surface area contributed by atoms with Crippen LogP contribution in [0.4, 0.5) is 0 Å². The van der Waals surface area contributed by atoms with Crippen molar-refractivity contribution in [2.75, 3.05) is 0 Å². The average Bonchev–Trinajstić information content (AvgIpc) is 2.66. The summed E-state index contributed by atoms with van der Waals surface area (Å²) in [6.07, 6.45) is 3.27. The minimum atomic E-state index is -0.870. The van der Waals surface area contributed by atoms with E-state index in [-0.39, 0.29) is 6.54 Å². The maximum atomic E-state index is 10.6. The third kappa shape index (κ3) is 2.04. The monoisotopic (exact) mass is 202 g/mol. The van der Waals surface area contributed by atoms with Crippen LogP contribution in [0.5, 0.6) is 0 Å². The molecule has 0 aliphatic carbocycles. The lowest BCUT2D eigenvalue weighted by atomic mass is 10.2. The standard InChI is InChI=1S/C11H10N2O2/c14-10(15)8-13-7-6-12-11(13)9-4-2-1-3-5-9/h1-7H,8H2,(H,14,15). The van der Waals surface area contributed by atoms with Gasteiger partial charge in [-0.15, -0.1) is 0 Å². The molecule has 0 spiro atoms. The van der Waals surface area contributed by atoms with E-state index in [1.165, 1.54) is 0 Å². The zero-order chi connectivity index (χ0) is 10.7. The van der Waals surface area contributed by atoms with E-state index in [4.69, 9.17) is 5.11 Å². The number of nitrogens with zero attached hydrogens (tertiary/aromatic N) is 2. The van der Waals surface area contributed by atoms with Gasteiger partial charge in [0.25, 0.3) is 0 Å². The quantitative estimate of drug-likeness (QED) is 0.823. The predicted octanol–water partition coefficient (Wildman–Crippen LogP) is 1.63. The molecular formula is C11H10N2O2. The molecule has 0 aliphatic heterocycles. The second-order valence-corrected chi connectivity index (χ2v) is 3.14. The lowest BCUT2D eigenvalue weighted by Crippen LogP contribution is -2.08. The van der Waals surface area contributed by atoms with Crippen molar-refractivity contribution >= 4 is 5.97 Å². The van der Waals surface area contributed by atoms with Gasteiger partial charge in [-0.25, -0.2) is 4.98 Å². The first kappa shape index (κ1) is 9.45. The smallest absolute Gasteiger partial charge is 0.323 e. The van der Waals surface area contributed by atoms with Crippen LogP contribution < -0.4 is 0 Å². The molecule has 0 saturated heterocycles. The summed E-state index contributed by atoms with van der Waals surface area (Å²) in [4.78, 5) is 14.7. The summed E-state index contributed by atoms with van der Waals surface area (Å²) in [7, 11) is 0. The van der Waals surface area contributed by atoms with Gasteiger partial charge in [-0.2, -0.15) is 0 Å². The Bertz CT molecular complexity index is 462. The van der Waals surface area contributed by atoms with Gasteiger partial charge in [0.15, 0.2) is 0 Å². The van der Waals surface area contributed by atoms with E-state index < -0.39 is 5.97 Å². The molecule has 4 nitrogen and oxygen atoms in total. The maximum absolute atomic E-state index is 10.6. The maximum Gasteiger partial charge on any atom is 0.323 e. The van der Waals surface area contributed by atoms with Crippen molar-refractivity contribution in [3.63, 3.8) is 0 Å². The Morgan fingerprint density at radius 3 is 2.73 bits per heavy atom. The summed E-state index contributed by atoms with van der Waals surface area (Å²) in [5.41, 5.74) is 0.920. The summed E-state index contributed by atoms with van der Waals surface area (Å²) in [6.45, 7) is -0.0653. The van der Waals surface area contributed by atoms with Crippen LogP contribution in [0.3, 0.4) is 0 Å². The fourth-order valence-electron chi connectivity index (χ4n) is 1.43. The van der Waals surface area contributed by atoms with E-state index >= 15 is 0 Å². The first-order valence-electron chi connectivity index (χ1n) is 4.56. The Hall–Kier alpha value is -2.10. The Balaban J connectivity index is 2.37. The van der Waals surface area contributed by atoms with Gasteiger partial charge in [0.1, 0.15) is 12.4 Å². The highest BCUT2D eigenvalue weighted by atomic mass is 16.4. The molecule has 2 aromatic rings. The van der Waals surface area contributed by atoms with Crippen molar-refractivity contribution in [3.8, 4) is 11.4 Å². The number of carboxylic acids is 1. The molecule has 0 radical (unpaired) electrons. The second kappa shape index (κ2) is 3.96. The molecule has 1 N–H and O–H groups in total. The van der Waals surface area contributed by atoms with Crippen LogP contribution in [0, 0.1) is 0 Å². The van der Waals surface area contributed by atoms with E-state index in [2.05, 4.69) is 4.98 Å². The molecule has 0 amide bonds. The first-order chi connectivity index (χ1) is 7.27.